The Kier molecular flexibility index (Phi) is 3.94. The quantitative estimate of drug-likeness (QED) is 0.787. The predicted octanol–water partition coefficient (Wildman–Crippen LogP) is 2.62. The van der Waals surface area contributed by atoms with Crippen molar-refractivity contribution in [3.63, 3.8) is 0 Å². The maximum Gasteiger partial charge on any atom is 0.151 e. The lowest BCUT2D eigenvalue weighted by Crippen LogP contribution is -2.35. The summed E-state index contributed by atoms with van der Waals surface area (Å²) in [5.41, 5.74) is 0. The van der Waals surface area contributed by atoms with Crippen LogP contribution in [-0.2, 0) is 0 Å². The van der Waals surface area contributed by atoms with Crippen molar-refractivity contribution in [2.24, 2.45) is 0 Å². The van der Waals surface area contributed by atoms with E-state index in [1.54, 1.807) is 6.20 Å². The molecule has 0 spiro atoms. The molecule has 0 amide bonds. The number of aromatic nitrogens is 2. The van der Waals surface area contributed by atoms with E-state index in [9.17, 15) is 0 Å². The molecule has 2 rings (SSSR count). The van der Waals surface area contributed by atoms with Gasteiger partial charge in [-0.05, 0) is 25.0 Å². The zero-order valence-corrected chi connectivity index (χ0v) is 10.4. The fourth-order valence-electron chi connectivity index (χ4n) is 2.24. The van der Waals surface area contributed by atoms with Gasteiger partial charge in [-0.15, -0.1) is 5.10 Å². The molecule has 0 unspecified atom stereocenters. The summed E-state index contributed by atoms with van der Waals surface area (Å²) >= 11 is 3.50. The van der Waals surface area contributed by atoms with Crippen LogP contribution in [-0.4, -0.2) is 28.1 Å². The highest BCUT2D eigenvalue weighted by Gasteiger charge is 2.23. The summed E-state index contributed by atoms with van der Waals surface area (Å²) in [5, 5.41) is 9.14. The van der Waals surface area contributed by atoms with Crippen LogP contribution in [0.1, 0.15) is 25.7 Å². The summed E-state index contributed by atoms with van der Waals surface area (Å²) in [6.45, 7) is 1.02. The van der Waals surface area contributed by atoms with Gasteiger partial charge < -0.3 is 4.90 Å². The minimum Gasteiger partial charge on any atom is -0.351 e. The molecule has 0 bridgehead atoms. The van der Waals surface area contributed by atoms with E-state index >= 15 is 0 Å². The van der Waals surface area contributed by atoms with Crippen LogP contribution in [0, 0.1) is 0 Å². The van der Waals surface area contributed by atoms with Gasteiger partial charge in [-0.25, -0.2) is 0 Å². The van der Waals surface area contributed by atoms with Gasteiger partial charge in [0, 0.05) is 24.1 Å². The smallest absolute Gasteiger partial charge is 0.151 e. The largest absolute Gasteiger partial charge is 0.351 e. The number of anilines is 1. The molecular weight excluding hydrogens is 254 g/mol. The Morgan fingerprint density at radius 2 is 2.20 bits per heavy atom. The molecule has 1 saturated carbocycles. The Morgan fingerprint density at radius 1 is 1.40 bits per heavy atom. The van der Waals surface area contributed by atoms with Crippen LogP contribution in [0.15, 0.2) is 18.3 Å². The number of rotatable bonds is 4. The molecule has 82 valence electrons. The fraction of sp³-hybridized carbons (Fsp3) is 0.636. The first-order valence-corrected chi connectivity index (χ1v) is 6.64. The third-order valence-electron chi connectivity index (χ3n) is 2.94. The Hall–Kier alpha value is -0.640. The standard InChI is InChI=1S/C11H16BrN3/c12-7-9-15(10-4-1-2-5-10)11-6-3-8-13-14-11/h3,6,8,10H,1-2,4-5,7,9H2. The van der Waals surface area contributed by atoms with Crippen LogP contribution < -0.4 is 4.90 Å². The summed E-state index contributed by atoms with van der Waals surface area (Å²) in [5.74, 6) is 1.02. The van der Waals surface area contributed by atoms with Gasteiger partial charge in [-0.2, -0.15) is 5.10 Å². The Balaban J connectivity index is 2.11. The van der Waals surface area contributed by atoms with Crippen molar-refractivity contribution in [1.82, 2.24) is 10.2 Å². The Labute approximate surface area is 99.0 Å². The van der Waals surface area contributed by atoms with Gasteiger partial charge in [0.1, 0.15) is 0 Å². The molecule has 1 heterocycles. The summed E-state index contributed by atoms with van der Waals surface area (Å²) in [4.78, 5) is 2.38. The van der Waals surface area contributed by atoms with Crippen molar-refractivity contribution in [3.05, 3.63) is 18.3 Å². The van der Waals surface area contributed by atoms with Gasteiger partial charge in [0.05, 0.1) is 0 Å². The summed E-state index contributed by atoms with van der Waals surface area (Å²) in [6.07, 6.45) is 7.02. The summed E-state index contributed by atoms with van der Waals surface area (Å²) in [7, 11) is 0. The number of nitrogens with zero attached hydrogens (tertiary/aromatic N) is 3. The second kappa shape index (κ2) is 5.45. The van der Waals surface area contributed by atoms with Crippen molar-refractivity contribution < 1.29 is 0 Å². The second-order valence-corrected chi connectivity index (χ2v) is 4.70. The first-order chi connectivity index (χ1) is 7.42. The van der Waals surface area contributed by atoms with Gasteiger partial charge in [0.25, 0.3) is 0 Å². The molecule has 0 atom stereocenters. The maximum absolute atomic E-state index is 4.20. The molecular formula is C11H16BrN3. The lowest BCUT2D eigenvalue weighted by molar-refractivity contribution is 0.612. The average molecular weight is 270 g/mol. The van der Waals surface area contributed by atoms with Crippen molar-refractivity contribution in [2.45, 2.75) is 31.7 Å². The molecule has 0 saturated heterocycles. The van der Waals surface area contributed by atoms with E-state index in [1.807, 2.05) is 12.1 Å². The zero-order chi connectivity index (χ0) is 10.5. The highest BCUT2D eigenvalue weighted by Crippen LogP contribution is 2.26. The van der Waals surface area contributed by atoms with Gasteiger partial charge in [0.15, 0.2) is 5.82 Å². The first-order valence-electron chi connectivity index (χ1n) is 5.52. The van der Waals surface area contributed by atoms with E-state index in [0.717, 1.165) is 17.7 Å². The van der Waals surface area contributed by atoms with Gasteiger partial charge in [-0.3, -0.25) is 0 Å². The number of alkyl halides is 1. The van der Waals surface area contributed by atoms with E-state index in [4.69, 9.17) is 0 Å². The van der Waals surface area contributed by atoms with Crippen LogP contribution in [0.2, 0.25) is 0 Å². The second-order valence-electron chi connectivity index (χ2n) is 3.90. The molecule has 3 nitrogen and oxygen atoms in total. The molecule has 1 aromatic rings. The zero-order valence-electron chi connectivity index (χ0n) is 8.77. The summed E-state index contributed by atoms with van der Waals surface area (Å²) < 4.78 is 0. The monoisotopic (exact) mass is 269 g/mol. The van der Waals surface area contributed by atoms with E-state index in [1.165, 1.54) is 25.7 Å². The van der Waals surface area contributed by atoms with Crippen molar-refractivity contribution in [2.75, 3.05) is 16.8 Å². The molecule has 1 aliphatic rings. The lowest BCUT2D eigenvalue weighted by atomic mass is 10.2. The Morgan fingerprint density at radius 3 is 2.80 bits per heavy atom. The van der Waals surface area contributed by atoms with Crippen molar-refractivity contribution in [1.29, 1.82) is 0 Å². The third kappa shape index (κ3) is 2.68. The lowest BCUT2D eigenvalue weighted by Gasteiger charge is -2.28. The van der Waals surface area contributed by atoms with Gasteiger partial charge in [-0.1, -0.05) is 28.8 Å². The number of hydrogen-bond acceptors (Lipinski definition) is 3. The third-order valence-corrected chi connectivity index (χ3v) is 3.30. The minimum absolute atomic E-state index is 0.666. The number of hydrogen-bond donors (Lipinski definition) is 0. The van der Waals surface area contributed by atoms with Crippen molar-refractivity contribution >= 4 is 21.7 Å². The topological polar surface area (TPSA) is 29.0 Å². The van der Waals surface area contributed by atoms with Crippen LogP contribution in [0.3, 0.4) is 0 Å². The SMILES string of the molecule is BrCCN(c1cccnn1)C1CCCC1. The molecule has 0 N–H and O–H groups in total. The molecule has 15 heavy (non-hydrogen) atoms. The fourth-order valence-corrected chi connectivity index (χ4v) is 2.62. The molecule has 0 aliphatic heterocycles. The average Bonchev–Trinajstić information content (AvgIpc) is 2.80. The minimum atomic E-state index is 0.666. The molecule has 1 fully saturated rings. The molecule has 0 aromatic carbocycles. The van der Waals surface area contributed by atoms with E-state index in [0.29, 0.717) is 6.04 Å². The molecule has 0 radical (unpaired) electrons. The van der Waals surface area contributed by atoms with Crippen LogP contribution in [0.25, 0.3) is 0 Å². The maximum atomic E-state index is 4.20. The van der Waals surface area contributed by atoms with Gasteiger partial charge in [0.2, 0.25) is 0 Å². The normalized spacial score (nSPS) is 16.9. The van der Waals surface area contributed by atoms with Gasteiger partial charge >= 0.3 is 0 Å². The predicted molar refractivity (Wildman–Crippen MR) is 65.4 cm³/mol. The Bertz CT molecular complexity index is 285. The van der Waals surface area contributed by atoms with E-state index < -0.39 is 0 Å². The molecule has 1 aliphatic carbocycles. The van der Waals surface area contributed by atoms with E-state index in [-0.39, 0.29) is 0 Å². The van der Waals surface area contributed by atoms with Crippen LogP contribution in [0.4, 0.5) is 5.82 Å². The molecule has 4 heteroatoms. The first kappa shape index (κ1) is 10.9. The highest BCUT2D eigenvalue weighted by atomic mass is 79.9. The van der Waals surface area contributed by atoms with Crippen molar-refractivity contribution in [3.8, 4) is 0 Å². The van der Waals surface area contributed by atoms with E-state index in [2.05, 4.69) is 31.0 Å². The highest BCUT2D eigenvalue weighted by molar-refractivity contribution is 9.09. The number of halogens is 1. The van der Waals surface area contributed by atoms with Crippen LogP contribution in [0.5, 0.6) is 0 Å². The summed E-state index contributed by atoms with van der Waals surface area (Å²) in [6, 6.07) is 4.67. The van der Waals surface area contributed by atoms with Crippen LogP contribution >= 0.6 is 15.9 Å². The molecule has 1 aromatic heterocycles.